The van der Waals surface area contributed by atoms with E-state index in [0.717, 1.165) is 58.8 Å². The third kappa shape index (κ3) is 3.59. The first-order valence-electron chi connectivity index (χ1n) is 9.95. The second-order valence-corrected chi connectivity index (χ2v) is 8.39. The van der Waals surface area contributed by atoms with E-state index in [2.05, 4.69) is 39.9 Å². The molecule has 2 aromatic heterocycles. The minimum absolute atomic E-state index is 0.720. The molecule has 0 radical (unpaired) electrons. The third-order valence-electron chi connectivity index (χ3n) is 5.60. The van der Waals surface area contributed by atoms with Gasteiger partial charge in [-0.25, -0.2) is 9.50 Å². The van der Waals surface area contributed by atoms with E-state index in [1.54, 1.807) is 0 Å². The zero-order valence-electron chi connectivity index (χ0n) is 16.6. The van der Waals surface area contributed by atoms with Gasteiger partial charge in [0, 0.05) is 59.9 Å². The largest absolute Gasteiger partial charge is 0.368 e. The molecule has 5 rings (SSSR count). The predicted octanol–water partition coefficient (Wildman–Crippen LogP) is 5.34. The van der Waals surface area contributed by atoms with Gasteiger partial charge in [-0.2, -0.15) is 5.10 Å². The van der Waals surface area contributed by atoms with Crippen molar-refractivity contribution in [3.8, 4) is 11.3 Å². The predicted molar refractivity (Wildman–Crippen MR) is 124 cm³/mol. The fourth-order valence-electron chi connectivity index (χ4n) is 4.00. The van der Waals surface area contributed by atoms with E-state index in [1.807, 2.05) is 47.2 Å². The molecule has 1 fully saturated rings. The van der Waals surface area contributed by atoms with Gasteiger partial charge < -0.3 is 9.80 Å². The maximum Gasteiger partial charge on any atom is 0.154 e. The monoisotopic (exact) mass is 437 g/mol. The van der Waals surface area contributed by atoms with E-state index >= 15 is 0 Å². The number of benzene rings is 2. The van der Waals surface area contributed by atoms with Crippen LogP contribution >= 0.6 is 23.2 Å². The number of nitrogens with zero attached hydrogens (tertiary/aromatic N) is 5. The summed E-state index contributed by atoms with van der Waals surface area (Å²) in [5, 5.41) is 6.23. The Labute approximate surface area is 185 Å². The zero-order valence-corrected chi connectivity index (χ0v) is 18.1. The lowest BCUT2D eigenvalue weighted by Gasteiger charge is -2.37. The van der Waals surface area contributed by atoms with Crippen molar-refractivity contribution >= 4 is 40.2 Å². The molecule has 0 saturated carbocycles. The number of hydrogen-bond acceptors (Lipinski definition) is 4. The molecule has 0 bridgehead atoms. The molecule has 0 atom stereocenters. The Morgan fingerprint density at radius 1 is 0.833 bits per heavy atom. The molecule has 0 amide bonds. The molecule has 0 aliphatic carbocycles. The molecular formula is C23H21Cl2N5. The number of hydrogen-bond donors (Lipinski definition) is 0. The Hall–Kier alpha value is -2.76. The SMILES string of the molecule is Cc1ccc(Cl)cc1N1CCN(c2nccn3nc(-c4ccc(Cl)cc4)cc23)CC1. The highest BCUT2D eigenvalue weighted by molar-refractivity contribution is 6.31. The highest BCUT2D eigenvalue weighted by atomic mass is 35.5. The number of fused-ring (bicyclic) bond motifs is 1. The van der Waals surface area contributed by atoms with E-state index in [1.165, 1.54) is 11.3 Å². The van der Waals surface area contributed by atoms with Crippen molar-refractivity contribution in [1.82, 2.24) is 14.6 Å². The molecule has 0 N–H and O–H groups in total. The highest BCUT2D eigenvalue weighted by Gasteiger charge is 2.22. The van der Waals surface area contributed by atoms with Crippen LogP contribution in [-0.4, -0.2) is 40.8 Å². The molecule has 4 aromatic rings. The molecule has 1 aliphatic heterocycles. The number of piperazine rings is 1. The van der Waals surface area contributed by atoms with Crippen LogP contribution in [0, 0.1) is 6.92 Å². The van der Waals surface area contributed by atoms with Crippen LogP contribution in [0.4, 0.5) is 11.5 Å². The third-order valence-corrected chi connectivity index (χ3v) is 6.09. The topological polar surface area (TPSA) is 36.7 Å². The summed E-state index contributed by atoms with van der Waals surface area (Å²) in [4.78, 5) is 9.41. The van der Waals surface area contributed by atoms with Crippen LogP contribution in [0.3, 0.4) is 0 Å². The van der Waals surface area contributed by atoms with E-state index in [9.17, 15) is 0 Å². The lowest BCUT2D eigenvalue weighted by Crippen LogP contribution is -2.47. The van der Waals surface area contributed by atoms with Gasteiger partial charge in [0.2, 0.25) is 0 Å². The van der Waals surface area contributed by atoms with Crippen molar-refractivity contribution in [2.75, 3.05) is 36.0 Å². The minimum atomic E-state index is 0.720. The fraction of sp³-hybridized carbons (Fsp3) is 0.217. The van der Waals surface area contributed by atoms with Gasteiger partial charge in [-0.1, -0.05) is 41.4 Å². The maximum absolute atomic E-state index is 6.22. The molecule has 7 heteroatoms. The van der Waals surface area contributed by atoms with Gasteiger partial charge in [0.05, 0.1) is 5.69 Å². The second kappa shape index (κ2) is 7.82. The number of anilines is 2. The van der Waals surface area contributed by atoms with Gasteiger partial charge in [0.15, 0.2) is 5.82 Å². The van der Waals surface area contributed by atoms with Gasteiger partial charge in [0.25, 0.3) is 0 Å². The first-order chi connectivity index (χ1) is 14.6. The standard InChI is InChI=1S/C23H21Cl2N5/c1-16-2-5-19(25)14-21(16)28-10-12-29(13-11-28)23-22-15-20(27-30(22)9-8-26-23)17-3-6-18(24)7-4-17/h2-9,14-15H,10-13H2,1H3. The average molecular weight is 438 g/mol. The molecule has 1 aliphatic rings. The number of aromatic nitrogens is 3. The van der Waals surface area contributed by atoms with Crippen LogP contribution in [-0.2, 0) is 0 Å². The Morgan fingerprint density at radius 3 is 2.30 bits per heavy atom. The van der Waals surface area contributed by atoms with Crippen LogP contribution in [0.2, 0.25) is 10.0 Å². The van der Waals surface area contributed by atoms with Gasteiger partial charge >= 0.3 is 0 Å². The Morgan fingerprint density at radius 2 is 1.53 bits per heavy atom. The van der Waals surface area contributed by atoms with Crippen LogP contribution in [0.25, 0.3) is 16.8 Å². The average Bonchev–Trinajstić information content (AvgIpc) is 3.20. The zero-order chi connectivity index (χ0) is 20.7. The lowest BCUT2D eigenvalue weighted by molar-refractivity contribution is 0.646. The summed E-state index contributed by atoms with van der Waals surface area (Å²) in [5.41, 5.74) is 5.42. The number of rotatable bonds is 3. The summed E-state index contributed by atoms with van der Waals surface area (Å²) >= 11 is 12.2. The summed E-state index contributed by atoms with van der Waals surface area (Å²) in [6.07, 6.45) is 3.71. The smallest absolute Gasteiger partial charge is 0.154 e. The normalized spacial score (nSPS) is 14.5. The van der Waals surface area contributed by atoms with Crippen molar-refractivity contribution in [1.29, 1.82) is 0 Å². The molecular weight excluding hydrogens is 417 g/mol. The van der Waals surface area contributed by atoms with E-state index in [4.69, 9.17) is 28.3 Å². The number of halogens is 2. The maximum atomic E-state index is 6.22. The molecule has 2 aromatic carbocycles. The van der Waals surface area contributed by atoms with Gasteiger partial charge in [-0.3, -0.25) is 0 Å². The quantitative estimate of drug-likeness (QED) is 0.433. The van der Waals surface area contributed by atoms with Crippen molar-refractivity contribution in [2.24, 2.45) is 0 Å². The Kier molecular flexibility index (Phi) is 5.01. The van der Waals surface area contributed by atoms with Crippen molar-refractivity contribution in [3.05, 3.63) is 76.5 Å². The van der Waals surface area contributed by atoms with E-state index in [-0.39, 0.29) is 0 Å². The van der Waals surface area contributed by atoms with Crippen molar-refractivity contribution < 1.29 is 0 Å². The first-order valence-corrected chi connectivity index (χ1v) is 10.7. The summed E-state index contributed by atoms with van der Waals surface area (Å²) in [5.74, 6) is 0.965. The first kappa shape index (κ1) is 19.2. The minimum Gasteiger partial charge on any atom is -0.368 e. The van der Waals surface area contributed by atoms with Crippen molar-refractivity contribution in [3.63, 3.8) is 0 Å². The fourth-order valence-corrected chi connectivity index (χ4v) is 4.29. The van der Waals surface area contributed by atoms with E-state index < -0.39 is 0 Å². The van der Waals surface area contributed by atoms with Crippen LogP contribution in [0.15, 0.2) is 60.9 Å². The van der Waals surface area contributed by atoms with Crippen LogP contribution in [0.5, 0.6) is 0 Å². The molecule has 0 spiro atoms. The molecule has 1 saturated heterocycles. The molecule has 30 heavy (non-hydrogen) atoms. The summed E-state index contributed by atoms with van der Waals surface area (Å²) < 4.78 is 1.90. The molecule has 152 valence electrons. The molecule has 0 unspecified atom stereocenters. The lowest BCUT2D eigenvalue weighted by atomic mass is 10.1. The van der Waals surface area contributed by atoms with Gasteiger partial charge in [-0.05, 0) is 42.8 Å². The molecule has 3 heterocycles. The summed E-state index contributed by atoms with van der Waals surface area (Å²) in [7, 11) is 0. The van der Waals surface area contributed by atoms with Crippen LogP contribution < -0.4 is 9.80 Å². The second-order valence-electron chi connectivity index (χ2n) is 7.52. The van der Waals surface area contributed by atoms with Crippen molar-refractivity contribution in [2.45, 2.75) is 6.92 Å². The van der Waals surface area contributed by atoms with E-state index in [0.29, 0.717) is 0 Å². The highest BCUT2D eigenvalue weighted by Crippen LogP contribution is 2.29. The van der Waals surface area contributed by atoms with Gasteiger partial charge in [0.1, 0.15) is 5.52 Å². The Balaban J connectivity index is 1.40. The van der Waals surface area contributed by atoms with Gasteiger partial charge in [-0.15, -0.1) is 0 Å². The number of aryl methyl sites for hydroxylation is 1. The molecule has 5 nitrogen and oxygen atoms in total. The summed E-state index contributed by atoms with van der Waals surface area (Å²) in [6.45, 7) is 5.75. The summed E-state index contributed by atoms with van der Waals surface area (Å²) in [6, 6.07) is 15.9. The van der Waals surface area contributed by atoms with Crippen LogP contribution in [0.1, 0.15) is 5.56 Å². The Bertz CT molecular complexity index is 1190.